The highest BCUT2D eigenvalue weighted by molar-refractivity contribution is 6.00. The number of hydrogen-bond donors (Lipinski definition) is 0. The van der Waals surface area contributed by atoms with Crippen molar-refractivity contribution in [1.82, 2.24) is 0 Å². The summed E-state index contributed by atoms with van der Waals surface area (Å²) in [5.41, 5.74) is 0.532. The third-order valence-electron chi connectivity index (χ3n) is 4.63. The molecule has 0 aromatic carbocycles. The topological polar surface area (TPSA) is 61.8 Å². The molecule has 1 heterocycles. The van der Waals surface area contributed by atoms with Gasteiger partial charge in [-0.3, -0.25) is 4.79 Å². The Morgan fingerprint density at radius 1 is 1.50 bits per heavy atom. The summed E-state index contributed by atoms with van der Waals surface area (Å²) in [6, 6.07) is 0. The maximum atomic E-state index is 12.4. The largest absolute Gasteiger partial charge is 0.466 e. The van der Waals surface area contributed by atoms with Crippen LogP contribution >= 0.6 is 0 Å². The zero-order valence-corrected chi connectivity index (χ0v) is 10.6. The van der Waals surface area contributed by atoms with Crippen LogP contribution in [0.5, 0.6) is 0 Å². The molecule has 0 radical (unpaired) electrons. The molecule has 3 aliphatic carbocycles. The Morgan fingerprint density at radius 3 is 2.83 bits per heavy atom. The standard InChI is InChI=1S/C13H16O5/c1-6-7-4-8(12(15)16-2)10-9(6)5-18-13(10,17-3)11(7)14/h4,6-7,9-10H,5H2,1-3H3. The van der Waals surface area contributed by atoms with Gasteiger partial charge in [0.25, 0.3) is 0 Å². The number of ether oxygens (including phenoxy) is 3. The van der Waals surface area contributed by atoms with Gasteiger partial charge in [-0.2, -0.15) is 0 Å². The predicted molar refractivity (Wildman–Crippen MR) is 60.4 cm³/mol. The predicted octanol–water partition coefficient (Wildman–Crippen LogP) is 0.540. The van der Waals surface area contributed by atoms with Gasteiger partial charge in [-0.05, 0) is 11.8 Å². The Labute approximate surface area is 105 Å². The van der Waals surface area contributed by atoms with E-state index in [1.165, 1.54) is 14.2 Å². The molecule has 0 N–H and O–H groups in total. The number of rotatable bonds is 2. The van der Waals surface area contributed by atoms with E-state index in [1.807, 2.05) is 6.92 Å². The highest BCUT2D eigenvalue weighted by Crippen LogP contribution is 2.57. The highest BCUT2D eigenvalue weighted by atomic mass is 16.7. The molecule has 0 aromatic heterocycles. The van der Waals surface area contributed by atoms with E-state index in [-0.39, 0.29) is 35.4 Å². The molecule has 4 rings (SSSR count). The number of ketones is 1. The van der Waals surface area contributed by atoms with E-state index in [9.17, 15) is 9.59 Å². The first-order valence-electron chi connectivity index (χ1n) is 6.10. The molecule has 1 saturated heterocycles. The first kappa shape index (κ1) is 11.9. The fraction of sp³-hybridized carbons (Fsp3) is 0.692. The van der Waals surface area contributed by atoms with Gasteiger partial charge in [0.2, 0.25) is 5.79 Å². The van der Waals surface area contributed by atoms with Crippen molar-refractivity contribution in [2.75, 3.05) is 20.8 Å². The molecular weight excluding hydrogens is 236 g/mol. The van der Waals surface area contributed by atoms with E-state index >= 15 is 0 Å². The molecule has 1 saturated carbocycles. The molecule has 5 nitrogen and oxygen atoms in total. The number of methoxy groups -OCH3 is 2. The molecule has 0 amide bonds. The number of carbonyl (C=O) groups excluding carboxylic acids is 2. The summed E-state index contributed by atoms with van der Waals surface area (Å²) >= 11 is 0. The maximum Gasteiger partial charge on any atom is 0.333 e. The van der Waals surface area contributed by atoms with Crippen molar-refractivity contribution in [3.63, 3.8) is 0 Å². The quantitative estimate of drug-likeness (QED) is 0.671. The Balaban J connectivity index is 2.14. The monoisotopic (exact) mass is 252 g/mol. The number of Topliss-reactive ketones (excluding diaryl/α,β-unsaturated/α-hetero) is 1. The molecule has 18 heavy (non-hydrogen) atoms. The Morgan fingerprint density at radius 2 is 2.22 bits per heavy atom. The minimum atomic E-state index is -1.26. The number of hydrogen-bond acceptors (Lipinski definition) is 5. The third kappa shape index (κ3) is 1.14. The first-order valence-corrected chi connectivity index (χ1v) is 6.10. The summed E-state index contributed by atoms with van der Waals surface area (Å²) in [6.07, 6.45) is 1.74. The number of esters is 1. The van der Waals surface area contributed by atoms with Gasteiger partial charge < -0.3 is 14.2 Å². The van der Waals surface area contributed by atoms with Crippen molar-refractivity contribution in [3.8, 4) is 0 Å². The molecule has 4 bridgehead atoms. The summed E-state index contributed by atoms with van der Waals surface area (Å²) < 4.78 is 15.8. The van der Waals surface area contributed by atoms with Gasteiger partial charge in [-0.25, -0.2) is 4.79 Å². The molecule has 98 valence electrons. The van der Waals surface area contributed by atoms with Crippen LogP contribution in [0.1, 0.15) is 6.92 Å². The van der Waals surface area contributed by atoms with E-state index in [1.54, 1.807) is 6.08 Å². The minimum absolute atomic E-state index is 0.0658. The van der Waals surface area contributed by atoms with Gasteiger partial charge in [0.1, 0.15) is 0 Å². The summed E-state index contributed by atoms with van der Waals surface area (Å²) in [5.74, 6) is -2.03. The maximum absolute atomic E-state index is 12.4. The molecular formula is C13H16O5. The van der Waals surface area contributed by atoms with Crippen molar-refractivity contribution < 1.29 is 23.8 Å². The van der Waals surface area contributed by atoms with Gasteiger partial charge in [0.15, 0.2) is 5.78 Å². The van der Waals surface area contributed by atoms with Crippen LogP contribution in [-0.2, 0) is 23.8 Å². The van der Waals surface area contributed by atoms with Crippen LogP contribution in [0.15, 0.2) is 11.6 Å². The lowest BCUT2D eigenvalue weighted by molar-refractivity contribution is -0.218. The van der Waals surface area contributed by atoms with Crippen LogP contribution in [0.25, 0.3) is 0 Å². The fourth-order valence-corrected chi connectivity index (χ4v) is 3.66. The SMILES string of the molecule is COC(=O)C1=CC2C(=O)C3(OC)OCC(C2C)C13. The average Bonchev–Trinajstić information content (AvgIpc) is 2.76. The van der Waals surface area contributed by atoms with Crippen molar-refractivity contribution in [3.05, 3.63) is 11.6 Å². The van der Waals surface area contributed by atoms with Crippen molar-refractivity contribution in [2.24, 2.45) is 23.7 Å². The summed E-state index contributed by atoms with van der Waals surface area (Å²) in [4.78, 5) is 24.3. The van der Waals surface area contributed by atoms with Crippen LogP contribution in [0.4, 0.5) is 0 Å². The zero-order valence-electron chi connectivity index (χ0n) is 10.6. The molecule has 4 aliphatic rings. The Hall–Kier alpha value is -1.20. The normalized spacial score (nSPS) is 45.1. The van der Waals surface area contributed by atoms with E-state index in [0.29, 0.717) is 12.2 Å². The highest BCUT2D eigenvalue weighted by Gasteiger charge is 2.68. The Kier molecular flexibility index (Phi) is 2.40. The van der Waals surface area contributed by atoms with Crippen LogP contribution in [0.3, 0.4) is 0 Å². The molecule has 5 heteroatoms. The second kappa shape index (κ2) is 3.65. The summed E-state index contributed by atoms with van der Waals surface area (Å²) in [5, 5.41) is 0. The van der Waals surface area contributed by atoms with Crippen LogP contribution in [0.2, 0.25) is 0 Å². The molecule has 0 spiro atoms. The smallest absolute Gasteiger partial charge is 0.333 e. The van der Waals surface area contributed by atoms with Gasteiger partial charge in [-0.15, -0.1) is 0 Å². The average molecular weight is 252 g/mol. The summed E-state index contributed by atoms with van der Waals surface area (Å²) in [6.45, 7) is 2.48. The second-order valence-corrected chi connectivity index (χ2v) is 5.19. The van der Waals surface area contributed by atoms with Crippen LogP contribution in [0, 0.1) is 23.7 Å². The van der Waals surface area contributed by atoms with E-state index < -0.39 is 5.79 Å². The molecule has 2 fully saturated rings. The molecule has 1 aliphatic heterocycles. The van der Waals surface area contributed by atoms with E-state index in [4.69, 9.17) is 14.2 Å². The van der Waals surface area contributed by atoms with Crippen molar-refractivity contribution in [2.45, 2.75) is 12.7 Å². The lowest BCUT2D eigenvalue weighted by Crippen LogP contribution is -2.59. The number of carbonyl (C=O) groups is 2. The van der Waals surface area contributed by atoms with E-state index in [2.05, 4.69) is 0 Å². The van der Waals surface area contributed by atoms with Crippen molar-refractivity contribution >= 4 is 11.8 Å². The van der Waals surface area contributed by atoms with Gasteiger partial charge in [-0.1, -0.05) is 13.0 Å². The molecule has 5 atom stereocenters. The lowest BCUT2D eigenvalue weighted by atomic mass is 9.58. The molecule has 5 unspecified atom stereocenters. The fourth-order valence-electron chi connectivity index (χ4n) is 3.66. The van der Waals surface area contributed by atoms with Crippen LogP contribution < -0.4 is 0 Å². The lowest BCUT2D eigenvalue weighted by Gasteiger charge is -2.47. The first-order chi connectivity index (χ1) is 8.56. The summed E-state index contributed by atoms with van der Waals surface area (Å²) in [7, 11) is 2.81. The van der Waals surface area contributed by atoms with E-state index in [0.717, 1.165) is 0 Å². The van der Waals surface area contributed by atoms with Gasteiger partial charge in [0, 0.05) is 18.6 Å². The van der Waals surface area contributed by atoms with Gasteiger partial charge >= 0.3 is 5.97 Å². The minimum Gasteiger partial charge on any atom is -0.466 e. The molecule has 0 aromatic rings. The van der Waals surface area contributed by atoms with Crippen LogP contribution in [-0.4, -0.2) is 38.4 Å². The second-order valence-electron chi connectivity index (χ2n) is 5.19. The van der Waals surface area contributed by atoms with Gasteiger partial charge in [0.05, 0.1) is 19.6 Å². The Bertz CT molecular complexity index is 454. The number of allylic oxidation sites excluding steroid dienone is 1. The van der Waals surface area contributed by atoms with Crippen molar-refractivity contribution in [1.29, 1.82) is 0 Å². The zero-order chi connectivity index (χ0) is 13.1. The third-order valence-corrected chi connectivity index (χ3v) is 4.63.